The molecule has 0 aliphatic rings. The molecular weight excluding hydrogens is 428 g/mol. The molecule has 2 heterocycles. The number of para-hydroxylation sites is 2. The molecule has 0 spiro atoms. The fourth-order valence-electron chi connectivity index (χ4n) is 3.17. The Bertz CT molecular complexity index is 1370. The quantitative estimate of drug-likeness (QED) is 0.440. The Hall–Kier alpha value is -3.84. The number of hydrogen-bond donors (Lipinski definition) is 2. The lowest BCUT2D eigenvalue weighted by Gasteiger charge is -2.14. The van der Waals surface area contributed by atoms with Crippen molar-refractivity contribution in [1.82, 2.24) is 9.38 Å². The van der Waals surface area contributed by atoms with Crippen molar-refractivity contribution in [3.63, 3.8) is 0 Å². The van der Waals surface area contributed by atoms with Gasteiger partial charge >= 0.3 is 6.03 Å². The summed E-state index contributed by atoms with van der Waals surface area (Å²) < 4.78 is 7.35. The lowest BCUT2D eigenvalue weighted by Crippen LogP contribution is -2.20. The molecule has 0 aliphatic carbocycles. The maximum Gasteiger partial charge on any atom is 0.323 e. The molecule has 0 bridgehead atoms. The summed E-state index contributed by atoms with van der Waals surface area (Å²) in [5, 5.41) is 5.94. The fourth-order valence-corrected chi connectivity index (χ4v) is 3.45. The summed E-state index contributed by atoms with van der Waals surface area (Å²) >= 11 is 6.19. The molecule has 2 aromatic carbocycles. The average Bonchev–Trinajstić information content (AvgIpc) is 2.75. The number of anilines is 2. The van der Waals surface area contributed by atoms with Crippen LogP contribution in [0.1, 0.15) is 16.8 Å². The van der Waals surface area contributed by atoms with Gasteiger partial charge in [0.05, 0.1) is 22.1 Å². The number of benzene rings is 2. The molecule has 2 aromatic heterocycles. The van der Waals surface area contributed by atoms with Gasteiger partial charge in [-0.1, -0.05) is 29.8 Å². The van der Waals surface area contributed by atoms with E-state index in [1.807, 2.05) is 32.0 Å². The smallest absolute Gasteiger partial charge is 0.323 e. The highest BCUT2D eigenvalue weighted by molar-refractivity contribution is 6.33. The van der Waals surface area contributed by atoms with Crippen molar-refractivity contribution in [1.29, 1.82) is 0 Å². The van der Waals surface area contributed by atoms with Crippen LogP contribution in [0, 0.1) is 13.8 Å². The molecule has 2 N–H and O–H groups in total. The molecule has 4 aromatic rings. The molecule has 0 saturated heterocycles. The standard InChI is InChI=1S/C24H21ClN4O3/c1-15-7-8-19(18(25)11-15)27-24(31)28-20-5-3-4-6-21(20)32-14-17-13-23(30)29-10-9-16(2)12-22(29)26-17/h3-13H,14H2,1-2H3,(H2,27,28,31). The summed E-state index contributed by atoms with van der Waals surface area (Å²) in [7, 11) is 0. The maximum absolute atomic E-state index is 12.5. The van der Waals surface area contributed by atoms with E-state index in [1.165, 1.54) is 10.5 Å². The molecule has 8 heteroatoms. The number of carbonyl (C=O) groups is 1. The maximum atomic E-state index is 12.5. The van der Waals surface area contributed by atoms with E-state index in [1.54, 1.807) is 42.6 Å². The zero-order valence-electron chi connectivity index (χ0n) is 17.6. The normalized spacial score (nSPS) is 10.7. The fraction of sp³-hybridized carbons (Fsp3) is 0.125. The number of fused-ring (bicyclic) bond motifs is 1. The lowest BCUT2D eigenvalue weighted by molar-refractivity contribution is 0.261. The first-order valence-corrected chi connectivity index (χ1v) is 10.3. The average molecular weight is 449 g/mol. The molecule has 0 radical (unpaired) electrons. The zero-order valence-corrected chi connectivity index (χ0v) is 18.3. The van der Waals surface area contributed by atoms with Gasteiger partial charge in [-0.2, -0.15) is 0 Å². The topological polar surface area (TPSA) is 84.7 Å². The van der Waals surface area contributed by atoms with E-state index >= 15 is 0 Å². The van der Waals surface area contributed by atoms with E-state index in [9.17, 15) is 9.59 Å². The molecule has 0 aliphatic heterocycles. The molecule has 0 atom stereocenters. The first-order valence-electron chi connectivity index (χ1n) is 9.94. The SMILES string of the molecule is Cc1ccc(NC(=O)Nc2ccccc2OCc2cc(=O)n3ccc(C)cc3n2)c(Cl)c1. The third-order valence-corrected chi connectivity index (χ3v) is 5.07. The number of ether oxygens (including phenoxy) is 1. The van der Waals surface area contributed by atoms with Crippen molar-refractivity contribution >= 4 is 34.7 Å². The highest BCUT2D eigenvalue weighted by Gasteiger charge is 2.11. The Kier molecular flexibility index (Phi) is 6.09. The van der Waals surface area contributed by atoms with Gasteiger partial charge in [-0.25, -0.2) is 9.78 Å². The van der Waals surface area contributed by atoms with E-state index in [4.69, 9.17) is 16.3 Å². The molecule has 7 nitrogen and oxygen atoms in total. The van der Waals surface area contributed by atoms with Gasteiger partial charge in [-0.3, -0.25) is 9.20 Å². The van der Waals surface area contributed by atoms with Gasteiger partial charge in [0.2, 0.25) is 0 Å². The summed E-state index contributed by atoms with van der Waals surface area (Å²) in [6, 6.07) is 17.1. The summed E-state index contributed by atoms with van der Waals surface area (Å²) in [5.74, 6) is 0.448. The van der Waals surface area contributed by atoms with Crippen LogP contribution in [-0.2, 0) is 6.61 Å². The van der Waals surface area contributed by atoms with Crippen LogP contribution >= 0.6 is 11.6 Å². The molecule has 0 saturated carbocycles. The van der Waals surface area contributed by atoms with Gasteiger partial charge in [0.1, 0.15) is 18.0 Å². The van der Waals surface area contributed by atoms with Crippen molar-refractivity contribution in [2.45, 2.75) is 20.5 Å². The van der Waals surface area contributed by atoms with Gasteiger partial charge in [0.15, 0.2) is 0 Å². The number of urea groups is 1. The second-order valence-electron chi connectivity index (χ2n) is 7.37. The third kappa shape index (κ3) is 4.90. The van der Waals surface area contributed by atoms with Gasteiger partial charge in [-0.15, -0.1) is 0 Å². The number of nitrogens with one attached hydrogen (secondary N) is 2. The Labute approximate surface area is 189 Å². The van der Waals surface area contributed by atoms with Crippen LogP contribution in [0.25, 0.3) is 5.65 Å². The number of amides is 2. The zero-order chi connectivity index (χ0) is 22.7. The second-order valence-corrected chi connectivity index (χ2v) is 7.77. The predicted molar refractivity (Wildman–Crippen MR) is 126 cm³/mol. The number of hydrogen-bond acceptors (Lipinski definition) is 4. The predicted octanol–water partition coefficient (Wildman–Crippen LogP) is 5.19. The molecule has 0 fully saturated rings. The summed E-state index contributed by atoms with van der Waals surface area (Å²) in [4.78, 5) is 29.3. The number of rotatable bonds is 5. The van der Waals surface area contributed by atoms with Crippen molar-refractivity contribution in [2.75, 3.05) is 10.6 Å². The Balaban J connectivity index is 1.48. The van der Waals surface area contributed by atoms with Crippen LogP contribution in [-0.4, -0.2) is 15.4 Å². The van der Waals surface area contributed by atoms with Gasteiger partial charge in [0.25, 0.3) is 5.56 Å². The van der Waals surface area contributed by atoms with Crippen LogP contribution < -0.4 is 20.9 Å². The van der Waals surface area contributed by atoms with Crippen LogP contribution in [0.5, 0.6) is 5.75 Å². The first kappa shape index (κ1) is 21.4. The van der Waals surface area contributed by atoms with Crippen LogP contribution in [0.4, 0.5) is 16.2 Å². The van der Waals surface area contributed by atoms with Crippen LogP contribution in [0.2, 0.25) is 5.02 Å². The summed E-state index contributed by atoms with van der Waals surface area (Å²) in [5.41, 5.74) is 3.84. The molecule has 0 unspecified atom stereocenters. The number of aryl methyl sites for hydroxylation is 2. The number of halogens is 1. The van der Waals surface area contributed by atoms with Gasteiger partial charge in [0, 0.05) is 12.3 Å². The minimum atomic E-state index is -0.454. The Morgan fingerprint density at radius 3 is 2.56 bits per heavy atom. The van der Waals surface area contributed by atoms with Crippen molar-refractivity contribution in [2.24, 2.45) is 0 Å². The molecular formula is C24H21ClN4O3. The first-order chi connectivity index (χ1) is 15.4. The minimum Gasteiger partial charge on any atom is -0.485 e. The van der Waals surface area contributed by atoms with Crippen LogP contribution in [0.15, 0.2) is 71.7 Å². The molecule has 32 heavy (non-hydrogen) atoms. The monoisotopic (exact) mass is 448 g/mol. The summed E-state index contributed by atoms with van der Waals surface area (Å²) in [6.45, 7) is 3.93. The van der Waals surface area contributed by atoms with E-state index in [0.717, 1.165) is 11.1 Å². The largest absolute Gasteiger partial charge is 0.485 e. The van der Waals surface area contributed by atoms with Crippen molar-refractivity contribution in [3.05, 3.63) is 99.1 Å². The second kappa shape index (κ2) is 9.11. The van der Waals surface area contributed by atoms with Crippen molar-refractivity contribution < 1.29 is 9.53 Å². The summed E-state index contributed by atoms with van der Waals surface area (Å²) in [6.07, 6.45) is 1.70. The number of nitrogens with zero attached hydrogens (tertiary/aromatic N) is 2. The molecule has 2 amide bonds. The number of aromatic nitrogens is 2. The van der Waals surface area contributed by atoms with E-state index < -0.39 is 6.03 Å². The van der Waals surface area contributed by atoms with E-state index in [2.05, 4.69) is 15.6 Å². The third-order valence-electron chi connectivity index (χ3n) is 4.76. The highest BCUT2D eigenvalue weighted by atomic mass is 35.5. The van der Waals surface area contributed by atoms with Gasteiger partial charge in [-0.05, 0) is 61.4 Å². The van der Waals surface area contributed by atoms with Crippen molar-refractivity contribution in [3.8, 4) is 5.75 Å². The molecule has 4 rings (SSSR count). The Morgan fingerprint density at radius 1 is 1.00 bits per heavy atom. The van der Waals surface area contributed by atoms with E-state index in [-0.39, 0.29) is 12.2 Å². The molecule has 162 valence electrons. The van der Waals surface area contributed by atoms with E-state index in [0.29, 0.717) is 33.5 Å². The highest BCUT2D eigenvalue weighted by Crippen LogP contribution is 2.26. The van der Waals surface area contributed by atoms with Gasteiger partial charge < -0.3 is 15.4 Å². The van der Waals surface area contributed by atoms with Crippen LogP contribution in [0.3, 0.4) is 0 Å². The minimum absolute atomic E-state index is 0.0732. The Morgan fingerprint density at radius 2 is 1.75 bits per heavy atom. The lowest BCUT2D eigenvalue weighted by atomic mass is 10.2. The number of pyridine rings is 1. The number of carbonyl (C=O) groups excluding carboxylic acids is 1.